The third-order valence-electron chi connectivity index (χ3n) is 5.43. The number of hydrogen-bond acceptors (Lipinski definition) is 4. The Kier molecular flexibility index (Phi) is 7.71. The fraction of sp³-hybridized carbons (Fsp3) is 0.269. The molecule has 1 atom stereocenters. The van der Waals surface area contributed by atoms with Gasteiger partial charge in [0.1, 0.15) is 5.82 Å². The molecule has 3 aromatic rings. The van der Waals surface area contributed by atoms with E-state index in [1.807, 2.05) is 42.5 Å². The minimum Gasteiger partial charge on any atom is -0.493 e. The maximum absolute atomic E-state index is 13.5. The molecule has 3 aromatic carbocycles. The minimum absolute atomic E-state index is 0.0306. The van der Waals surface area contributed by atoms with E-state index >= 15 is 0 Å². The van der Waals surface area contributed by atoms with Gasteiger partial charge in [-0.1, -0.05) is 42.5 Å². The van der Waals surface area contributed by atoms with Gasteiger partial charge in [0.25, 0.3) is 0 Å². The molecule has 0 fully saturated rings. The number of halogens is 1. The van der Waals surface area contributed by atoms with Gasteiger partial charge in [0.15, 0.2) is 11.5 Å². The summed E-state index contributed by atoms with van der Waals surface area (Å²) in [6.45, 7) is 0. The van der Waals surface area contributed by atoms with Crippen molar-refractivity contribution in [3.8, 4) is 17.2 Å². The Hall–Kier alpha value is -3.54. The number of aryl methyl sites for hydroxylation is 1. The summed E-state index contributed by atoms with van der Waals surface area (Å²) in [5, 5.41) is 0. The Morgan fingerprint density at radius 2 is 1.44 bits per heavy atom. The van der Waals surface area contributed by atoms with Gasteiger partial charge in [-0.05, 0) is 47.4 Å². The molecule has 0 saturated carbocycles. The first-order valence-electron chi connectivity index (χ1n) is 10.3. The third-order valence-corrected chi connectivity index (χ3v) is 5.43. The second-order valence-electron chi connectivity index (χ2n) is 7.40. The molecular formula is C26H28FNO4. The van der Waals surface area contributed by atoms with Crippen molar-refractivity contribution in [2.75, 3.05) is 28.4 Å². The third kappa shape index (κ3) is 5.19. The van der Waals surface area contributed by atoms with E-state index in [0.717, 1.165) is 16.7 Å². The molecule has 0 aliphatic rings. The summed E-state index contributed by atoms with van der Waals surface area (Å²) in [5.74, 6) is 1.28. The smallest absolute Gasteiger partial charge is 0.223 e. The molecule has 6 heteroatoms. The maximum Gasteiger partial charge on any atom is 0.223 e. The summed E-state index contributed by atoms with van der Waals surface area (Å²) in [4.78, 5) is 14.9. The van der Waals surface area contributed by atoms with Crippen LogP contribution in [0.1, 0.15) is 29.2 Å². The van der Waals surface area contributed by atoms with Crippen LogP contribution in [-0.4, -0.2) is 39.2 Å². The zero-order valence-corrected chi connectivity index (χ0v) is 18.8. The summed E-state index contributed by atoms with van der Waals surface area (Å²) in [6, 6.07) is 19.4. The Balaban J connectivity index is 1.82. The normalized spacial score (nSPS) is 11.5. The van der Waals surface area contributed by atoms with Crippen LogP contribution < -0.4 is 14.2 Å². The molecule has 0 spiro atoms. The first-order valence-corrected chi connectivity index (χ1v) is 10.3. The van der Waals surface area contributed by atoms with E-state index in [1.54, 1.807) is 45.4 Å². The predicted octanol–water partition coefficient (Wildman–Crippen LogP) is 5.03. The van der Waals surface area contributed by atoms with E-state index in [4.69, 9.17) is 14.2 Å². The first-order chi connectivity index (χ1) is 15.5. The van der Waals surface area contributed by atoms with Crippen LogP contribution in [0.25, 0.3) is 0 Å². The van der Waals surface area contributed by atoms with Crippen LogP contribution in [0, 0.1) is 5.82 Å². The van der Waals surface area contributed by atoms with Crippen molar-refractivity contribution in [3.05, 3.63) is 89.2 Å². The summed E-state index contributed by atoms with van der Waals surface area (Å²) >= 11 is 0. The molecule has 0 heterocycles. The summed E-state index contributed by atoms with van der Waals surface area (Å²) < 4.78 is 29.7. The molecule has 3 rings (SSSR count). The van der Waals surface area contributed by atoms with Crippen molar-refractivity contribution < 1.29 is 23.4 Å². The maximum atomic E-state index is 13.5. The number of hydrogen-bond donors (Lipinski definition) is 0. The number of carbonyl (C=O) groups is 1. The van der Waals surface area contributed by atoms with Crippen LogP contribution in [0.4, 0.5) is 4.39 Å². The van der Waals surface area contributed by atoms with Gasteiger partial charge in [-0.2, -0.15) is 0 Å². The number of ether oxygens (including phenoxy) is 3. The summed E-state index contributed by atoms with van der Waals surface area (Å²) in [6.07, 6.45) is 0.796. The number of carbonyl (C=O) groups excluding carboxylic acids is 1. The van der Waals surface area contributed by atoms with E-state index in [9.17, 15) is 9.18 Å². The van der Waals surface area contributed by atoms with Crippen molar-refractivity contribution in [2.24, 2.45) is 0 Å². The van der Waals surface area contributed by atoms with Gasteiger partial charge in [-0.25, -0.2) is 4.39 Å². The Morgan fingerprint density at radius 1 is 0.875 bits per heavy atom. The Morgan fingerprint density at radius 3 is 1.97 bits per heavy atom. The highest BCUT2D eigenvalue weighted by Crippen LogP contribution is 2.38. The van der Waals surface area contributed by atoms with Crippen molar-refractivity contribution >= 4 is 5.91 Å². The average Bonchev–Trinajstić information content (AvgIpc) is 2.83. The first kappa shape index (κ1) is 23.1. The standard InChI is InChI=1S/C26H28FNO4/c1-28(25(19-8-6-5-7-9-19)20-11-13-21(27)14-12-20)24(29)15-10-18-16-22(30-2)26(32-4)23(17-18)31-3/h5-9,11-14,16-17,25H,10,15H2,1-4H3. The molecule has 0 aromatic heterocycles. The average molecular weight is 438 g/mol. The number of amides is 1. The lowest BCUT2D eigenvalue weighted by Gasteiger charge is -2.29. The number of methoxy groups -OCH3 is 3. The molecule has 1 unspecified atom stereocenters. The van der Waals surface area contributed by atoms with E-state index in [0.29, 0.717) is 30.1 Å². The van der Waals surface area contributed by atoms with Gasteiger partial charge < -0.3 is 19.1 Å². The van der Waals surface area contributed by atoms with Gasteiger partial charge in [0.05, 0.1) is 27.4 Å². The Labute approximate surface area is 188 Å². The van der Waals surface area contributed by atoms with Crippen LogP contribution in [0.3, 0.4) is 0 Å². The predicted molar refractivity (Wildman–Crippen MR) is 122 cm³/mol. The highest BCUT2D eigenvalue weighted by molar-refractivity contribution is 5.77. The number of nitrogens with zero attached hydrogens (tertiary/aromatic N) is 1. The SMILES string of the molecule is COc1cc(CCC(=O)N(C)C(c2ccccc2)c2ccc(F)cc2)cc(OC)c1OC. The van der Waals surface area contributed by atoms with Crippen LogP contribution in [-0.2, 0) is 11.2 Å². The number of benzene rings is 3. The van der Waals surface area contributed by atoms with Gasteiger partial charge in [0.2, 0.25) is 11.7 Å². The highest BCUT2D eigenvalue weighted by Gasteiger charge is 2.24. The summed E-state index contributed by atoms with van der Waals surface area (Å²) in [5.41, 5.74) is 2.71. The van der Waals surface area contributed by atoms with E-state index < -0.39 is 0 Å². The lowest BCUT2D eigenvalue weighted by atomic mass is 9.96. The lowest BCUT2D eigenvalue weighted by molar-refractivity contribution is -0.131. The largest absolute Gasteiger partial charge is 0.493 e. The fourth-order valence-electron chi connectivity index (χ4n) is 3.77. The molecule has 32 heavy (non-hydrogen) atoms. The van der Waals surface area contributed by atoms with Crippen molar-refractivity contribution in [1.82, 2.24) is 4.90 Å². The molecular weight excluding hydrogens is 409 g/mol. The van der Waals surface area contributed by atoms with Crippen LogP contribution in [0.5, 0.6) is 17.2 Å². The second kappa shape index (κ2) is 10.7. The second-order valence-corrected chi connectivity index (χ2v) is 7.40. The molecule has 168 valence electrons. The van der Waals surface area contributed by atoms with E-state index in [2.05, 4.69) is 0 Å². The van der Waals surface area contributed by atoms with Crippen LogP contribution in [0.2, 0.25) is 0 Å². The molecule has 5 nitrogen and oxygen atoms in total. The van der Waals surface area contributed by atoms with Gasteiger partial charge >= 0.3 is 0 Å². The Bertz CT molecular complexity index is 1010. The number of rotatable bonds is 9. The highest BCUT2D eigenvalue weighted by atomic mass is 19.1. The van der Waals surface area contributed by atoms with Gasteiger partial charge in [-0.15, -0.1) is 0 Å². The molecule has 0 aliphatic heterocycles. The van der Waals surface area contributed by atoms with Crippen LogP contribution in [0.15, 0.2) is 66.7 Å². The molecule has 0 saturated heterocycles. The minimum atomic E-state index is -0.316. The van der Waals surface area contributed by atoms with Gasteiger partial charge in [-0.3, -0.25) is 4.79 Å². The molecule has 0 radical (unpaired) electrons. The summed E-state index contributed by atoms with van der Waals surface area (Å²) in [7, 11) is 6.45. The van der Waals surface area contributed by atoms with Crippen LogP contribution >= 0.6 is 0 Å². The fourth-order valence-corrected chi connectivity index (χ4v) is 3.77. The molecule has 0 aliphatic carbocycles. The lowest BCUT2D eigenvalue weighted by Crippen LogP contribution is -2.32. The quantitative estimate of drug-likeness (QED) is 0.471. The van der Waals surface area contributed by atoms with E-state index in [-0.39, 0.29) is 17.8 Å². The van der Waals surface area contributed by atoms with Crippen molar-refractivity contribution in [3.63, 3.8) is 0 Å². The monoisotopic (exact) mass is 437 g/mol. The topological polar surface area (TPSA) is 48.0 Å². The zero-order chi connectivity index (χ0) is 23.1. The molecule has 1 amide bonds. The molecule has 0 bridgehead atoms. The zero-order valence-electron chi connectivity index (χ0n) is 18.8. The van der Waals surface area contributed by atoms with Crippen molar-refractivity contribution in [1.29, 1.82) is 0 Å². The van der Waals surface area contributed by atoms with E-state index in [1.165, 1.54) is 12.1 Å². The van der Waals surface area contributed by atoms with Gasteiger partial charge in [0, 0.05) is 13.5 Å². The molecule has 0 N–H and O–H groups in total. The van der Waals surface area contributed by atoms with Crippen molar-refractivity contribution in [2.45, 2.75) is 18.9 Å².